The Labute approximate surface area is 150 Å². The molecule has 0 saturated carbocycles. The minimum atomic E-state index is -0.759. The van der Waals surface area contributed by atoms with Gasteiger partial charge in [-0.25, -0.2) is 9.18 Å². The highest BCUT2D eigenvalue weighted by Gasteiger charge is 2.13. The number of rotatable bonds is 5. The van der Waals surface area contributed by atoms with E-state index in [-0.39, 0.29) is 11.3 Å². The second-order valence-electron chi connectivity index (χ2n) is 5.50. The number of hydrogen-bond donors (Lipinski definition) is 0. The Morgan fingerprint density at radius 3 is 2.15 bits per heavy atom. The highest BCUT2D eigenvalue weighted by molar-refractivity contribution is 6.06. The van der Waals surface area contributed by atoms with Gasteiger partial charge in [-0.2, -0.15) is 0 Å². The van der Waals surface area contributed by atoms with Crippen LogP contribution in [0.4, 0.5) is 4.39 Å². The molecule has 0 radical (unpaired) electrons. The molecule has 0 spiro atoms. The number of halogens is 1. The van der Waals surface area contributed by atoms with E-state index in [1.54, 1.807) is 60.7 Å². The summed E-state index contributed by atoms with van der Waals surface area (Å²) in [7, 11) is 0. The highest BCUT2D eigenvalue weighted by Crippen LogP contribution is 2.16. The molecule has 4 heteroatoms. The number of hydrogen-bond acceptors (Lipinski definition) is 3. The van der Waals surface area contributed by atoms with E-state index >= 15 is 0 Å². The van der Waals surface area contributed by atoms with Crippen LogP contribution in [0.5, 0.6) is 5.75 Å². The van der Waals surface area contributed by atoms with Gasteiger partial charge in [0, 0.05) is 5.56 Å². The molecule has 0 unspecified atom stereocenters. The number of benzene rings is 3. The summed E-state index contributed by atoms with van der Waals surface area (Å²) in [6, 6.07) is 21.2. The van der Waals surface area contributed by atoms with Gasteiger partial charge in [-0.3, -0.25) is 4.79 Å². The summed E-state index contributed by atoms with van der Waals surface area (Å²) in [5.74, 6) is -1.19. The van der Waals surface area contributed by atoms with Crippen molar-refractivity contribution in [3.8, 4) is 5.75 Å². The summed E-state index contributed by atoms with van der Waals surface area (Å²) < 4.78 is 18.7. The van der Waals surface area contributed by atoms with Gasteiger partial charge >= 0.3 is 5.97 Å². The zero-order chi connectivity index (χ0) is 18.4. The summed E-state index contributed by atoms with van der Waals surface area (Å²) in [6.45, 7) is 0. The van der Waals surface area contributed by atoms with Gasteiger partial charge in [0.2, 0.25) is 0 Å². The van der Waals surface area contributed by atoms with E-state index in [2.05, 4.69) is 0 Å². The lowest BCUT2D eigenvalue weighted by molar-refractivity contribution is 0.0729. The van der Waals surface area contributed by atoms with E-state index in [1.807, 2.05) is 6.07 Å². The normalized spacial score (nSPS) is 10.7. The number of carbonyl (C=O) groups is 2. The van der Waals surface area contributed by atoms with E-state index < -0.39 is 11.8 Å². The van der Waals surface area contributed by atoms with E-state index in [1.165, 1.54) is 24.3 Å². The Morgan fingerprint density at radius 1 is 0.808 bits per heavy atom. The van der Waals surface area contributed by atoms with Crippen molar-refractivity contribution in [2.24, 2.45) is 0 Å². The molecular formula is C22H15FO3. The van der Waals surface area contributed by atoms with E-state index in [9.17, 15) is 14.0 Å². The second-order valence-corrected chi connectivity index (χ2v) is 5.50. The van der Waals surface area contributed by atoms with Crippen LogP contribution in [0.2, 0.25) is 0 Å². The number of ether oxygens (including phenoxy) is 1. The summed E-state index contributed by atoms with van der Waals surface area (Å²) in [6.07, 6.45) is 3.16. The maximum absolute atomic E-state index is 13.6. The zero-order valence-corrected chi connectivity index (χ0v) is 13.8. The molecule has 0 aliphatic carbocycles. The smallest absolute Gasteiger partial charge is 0.346 e. The second kappa shape index (κ2) is 8.03. The van der Waals surface area contributed by atoms with Crippen molar-refractivity contribution in [3.05, 3.63) is 107 Å². The van der Waals surface area contributed by atoms with E-state index in [0.29, 0.717) is 11.3 Å². The highest BCUT2D eigenvalue weighted by atomic mass is 19.1. The quantitative estimate of drug-likeness (QED) is 0.284. The fourth-order valence-corrected chi connectivity index (χ4v) is 2.31. The molecule has 0 atom stereocenters. The Hall–Kier alpha value is -3.53. The van der Waals surface area contributed by atoms with Crippen molar-refractivity contribution >= 4 is 17.8 Å². The largest absolute Gasteiger partial charge is 0.423 e. The summed E-state index contributed by atoms with van der Waals surface area (Å²) in [5.41, 5.74) is 1.27. The number of esters is 1. The van der Waals surface area contributed by atoms with Gasteiger partial charge in [-0.15, -0.1) is 0 Å². The fraction of sp³-hybridized carbons (Fsp3) is 0. The lowest BCUT2D eigenvalue weighted by Gasteiger charge is -2.05. The van der Waals surface area contributed by atoms with Crippen LogP contribution < -0.4 is 4.74 Å². The molecule has 0 aliphatic rings. The van der Waals surface area contributed by atoms with Gasteiger partial charge in [0.05, 0.1) is 5.56 Å². The minimum absolute atomic E-state index is 0.0966. The van der Waals surface area contributed by atoms with Crippen LogP contribution in [0, 0.1) is 5.82 Å². The third kappa shape index (κ3) is 4.30. The molecule has 0 saturated heterocycles. The Balaban J connectivity index is 1.65. The topological polar surface area (TPSA) is 43.4 Å². The van der Waals surface area contributed by atoms with Gasteiger partial charge in [-0.1, -0.05) is 60.7 Å². The van der Waals surface area contributed by atoms with Crippen molar-refractivity contribution in [1.82, 2.24) is 0 Å². The van der Waals surface area contributed by atoms with Crippen LogP contribution >= 0.6 is 0 Å². The third-order valence-corrected chi connectivity index (χ3v) is 3.67. The molecule has 3 aromatic rings. The molecular weight excluding hydrogens is 331 g/mol. The average molecular weight is 346 g/mol. The molecule has 3 rings (SSSR count). The lowest BCUT2D eigenvalue weighted by atomic mass is 10.1. The SMILES string of the molecule is O=C(/C=C/c1ccc(OC(=O)c2ccccc2F)cc1)c1ccccc1. The van der Waals surface area contributed by atoms with Crippen LogP contribution in [0.3, 0.4) is 0 Å². The Morgan fingerprint density at radius 2 is 1.46 bits per heavy atom. The molecule has 0 aromatic heterocycles. The van der Waals surface area contributed by atoms with Crippen LogP contribution in [0.1, 0.15) is 26.3 Å². The first-order valence-electron chi connectivity index (χ1n) is 7.98. The number of carbonyl (C=O) groups excluding carboxylic acids is 2. The molecule has 0 N–H and O–H groups in total. The molecule has 0 heterocycles. The standard InChI is InChI=1S/C22H15FO3/c23-20-9-5-4-8-19(20)22(25)26-18-13-10-16(11-14-18)12-15-21(24)17-6-2-1-3-7-17/h1-15H/b15-12+. The van der Waals surface area contributed by atoms with Gasteiger partial charge < -0.3 is 4.74 Å². The maximum Gasteiger partial charge on any atom is 0.346 e. The molecule has 26 heavy (non-hydrogen) atoms. The van der Waals surface area contributed by atoms with Crippen molar-refractivity contribution in [2.75, 3.05) is 0 Å². The van der Waals surface area contributed by atoms with E-state index in [4.69, 9.17) is 4.74 Å². The van der Waals surface area contributed by atoms with Crippen LogP contribution in [-0.2, 0) is 0 Å². The molecule has 128 valence electrons. The van der Waals surface area contributed by atoms with Gasteiger partial charge in [-0.05, 0) is 35.9 Å². The zero-order valence-electron chi connectivity index (χ0n) is 13.8. The monoisotopic (exact) mass is 346 g/mol. The summed E-state index contributed by atoms with van der Waals surface area (Å²) in [4.78, 5) is 24.0. The molecule has 0 bridgehead atoms. The fourth-order valence-electron chi connectivity index (χ4n) is 2.31. The van der Waals surface area contributed by atoms with Crippen molar-refractivity contribution < 1.29 is 18.7 Å². The first-order chi connectivity index (χ1) is 12.6. The number of ketones is 1. The van der Waals surface area contributed by atoms with Crippen LogP contribution in [-0.4, -0.2) is 11.8 Å². The van der Waals surface area contributed by atoms with Crippen LogP contribution in [0.25, 0.3) is 6.08 Å². The number of allylic oxidation sites excluding steroid dienone is 1. The maximum atomic E-state index is 13.6. The summed E-state index contributed by atoms with van der Waals surface area (Å²) >= 11 is 0. The predicted octanol–water partition coefficient (Wildman–Crippen LogP) is 4.94. The molecule has 0 fully saturated rings. The van der Waals surface area contributed by atoms with E-state index in [0.717, 1.165) is 5.56 Å². The summed E-state index contributed by atoms with van der Waals surface area (Å²) in [5, 5.41) is 0. The molecule has 0 amide bonds. The van der Waals surface area contributed by atoms with Gasteiger partial charge in [0.15, 0.2) is 5.78 Å². The molecule has 0 aliphatic heterocycles. The van der Waals surface area contributed by atoms with Crippen molar-refractivity contribution in [3.63, 3.8) is 0 Å². The van der Waals surface area contributed by atoms with Crippen LogP contribution in [0.15, 0.2) is 84.9 Å². The Bertz CT molecular complexity index is 945. The first kappa shape index (κ1) is 17.3. The van der Waals surface area contributed by atoms with Crippen molar-refractivity contribution in [2.45, 2.75) is 0 Å². The molecule has 3 aromatic carbocycles. The van der Waals surface area contributed by atoms with Gasteiger partial charge in [0.25, 0.3) is 0 Å². The van der Waals surface area contributed by atoms with Crippen molar-refractivity contribution in [1.29, 1.82) is 0 Å². The minimum Gasteiger partial charge on any atom is -0.423 e. The van der Waals surface area contributed by atoms with Gasteiger partial charge in [0.1, 0.15) is 11.6 Å². The first-order valence-corrected chi connectivity index (χ1v) is 7.98. The third-order valence-electron chi connectivity index (χ3n) is 3.67. The lowest BCUT2D eigenvalue weighted by Crippen LogP contribution is -2.10. The molecule has 3 nitrogen and oxygen atoms in total. The Kier molecular flexibility index (Phi) is 5.34. The average Bonchev–Trinajstić information content (AvgIpc) is 2.68. The predicted molar refractivity (Wildman–Crippen MR) is 97.6 cm³/mol.